The van der Waals surface area contributed by atoms with E-state index >= 15 is 0 Å². The Morgan fingerprint density at radius 1 is 1.10 bits per heavy atom. The molecule has 1 atom stereocenters. The summed E-state index contributed by atoms with van der Waals surface area (Å²) in [5.74, 6) is -3.53. The molecule has 3 N–H and O–H groups in total. The van der Waals surface area contributed by atoms with E-state index in [1.165, 1.54) is 0 Å². The maximum Gasteiger partial charge on any atom is 0.331 e. The van der Waals surface area contributed by atoms with Crippen LogP contribution >= 0.6 is 0 Å². The van der Waals surface area contributed by atoms with Crippen LogP contribution in [0.2, 0.25) is 0 Å². The van der Waals surface area contributed by atoms with Crippen molar-refractivity contribution in [3.63, 3.8) is 0 Å². The van der Waals surface area contributed by atoms with Gasteiger partial charge >= 0.3 is 17.9 Å². The summed E-state index contributed by atoms with van der Waals surface area (Å²) in [5.41, 5.74) is -0.106. The van der Waals surface area contributed by atoms with Crippen molar-refractivity contribution in [3.05, 3.63) is 49.1 Å². The van der Waals surface area contributed by atoms with Gasteiger partial charge in [0.2, 0.25) is 0 Å². The van der Waals surface area contributed by atoms with Crippen LogP contribution < -0.4 is 0 Å². The molecule has 0 saturated carbocycles. The highest BCUT2D eigenvalue weighted by molar-refractivity contribution is 5.91. The van der Waals surface area contributed by atoms with Crippen molar-refractivity contribution in [1.82, 2.24) is 0 Å². The van der Waals surface area contributed by atoms with E-state index in [2.05, 4.69) is 19.7 Å². The van der Waals surface area contributed by atoms with Gasteiger partial charge in [-0.15, -0.1) is 0 Å². The lowest BCUT2D eigenvalue weighted by Crippen LogP contribution is -2.05. The summed E-state index contributed by atoms with van der Waals surface area (Å²) in [6, 6.07) is 0. The molecule has 0 fully saturated rings. The Labute approximate surface area is 117 Å². The average molecular weight is 282 g/mol. The van der Waals surface area contributed by atoms with Gasteiger partial charge < -0.3 is 15.3 Å². The Balaban J connectivity index is 0. The van der Waals surface area contributed by atoms with Gasteiger partial charge in [0.25, 0.3) is 0 Å². The van der Waals surface area contributed by atoms with Crippen LogP contribution in [0.5, 0.6) is 0 Å². The summed E-state index contributed by atoms with van der Waals surface area (Å²) in [6.45, 7) is 11.7. The third kappa shape index (κ3) is 10.5. The second kappa shape index (κ2) is 10.3. The van der Waals surface area contributed by atoms with E-state index in [9.17, 15) is 14.4 Å². The molecule has 110 valence electrons. The first-order chi connectivity index (χ1) is 9.13. The molecule has 0 spiro atoms. The van der Waals surface area contributed by atoms with E-state index in [1.807, 2.05) is 0 Å². The second-order valence-electron chi connectivity index (χ2n) is 3.72. The first-order valence-corrected chi connectivity index (χ1v) is 5.47. The quantitative estimate of drug-likeness (QED) is 0.487. The smallest absolute Gasteiger partial charge is 0.331 e. The number of allylic oxidation sites excluding steroid dienone is 3. The molecule has 0 bridgehead atoms. The zero-order valence-corrected chi connectivity index (χ0v) is 11.2. The number of rotatable bonds is 7. The Hall–Kier alpha value is -2.63. The van der Waals surface area contributed by atoms with Gasteiger partial charge in [-0.3, -0.25) is 4.79 Å². The van der Waals surface area contributed by atoms with Crippen molar-refractivity contribution < 1.29 is 29.7 Å². The lowest BCUT2D eigenvalue weighted by atomic mass is 10.0. The van der Waals surface area contributed by atoms with Gasteiger partial charge in [0.15, 0.2) is 0 Å². The predicted octanol–water partition coefficient (Wildman–Crippen LogP) is 2.11. The molecule has 0 heterocycles. The number of carboxylic acids is 3. The molecular formula is C14H18O6. The van der Waals surface area contributed by atoms with E-state index in [4.69, 9.17) is 15.3 Å². The molecule has 20 heavy (non-hydrogen) atoms. The van der Waals surface area contributed by atoms with Crippen molar-refractivity contribution in [2.75, 3.05) is 0 Å². The summed E-state index contributed by atoms with van der Waals surface area (Å²) in [5, 5.41) is 24.6. The van der Waals surface area contributed by atoms with Crippen LogP contribution in [0, 0.1) is 5.92 Å². The molecule has 0 aliphatic carbocycles. The molecule has 0 aromatic carbocycles. The first kappa shape index (κ1) is 19.7. The number of hydrogen-bond acceptors (Lipinski definition) is 3. The Kier molecular flexibility index (Phi) is 10.2. The Morgan fingerprint density at radius 2 is 1.60 bits per heavy atom. The highest BCUT2D eigenvalue weighted by Gasteiger charge is 2.09. The highest BCUT2D eigenvalue weighted by atomic mass is 16.4. The maximum absolute atomic E-state index is 10.3. The standard InChI is InChI=1S/C9H12O2.C5H6O4/c1-4-5-6-7(2)8(3)9(10)11;1-3(5(8)9)2-4(6)7/h4-7H,1,3H2,2H3,(H,10,11);1-2H2,(H,6,7)(H,8,9). The van der Waals surface area contributed by atoms with Crippen LogP contribution in [0.3, 0.4) is 0 Å². The van der Waals surface area contributed by atoms with Crippen molar-refractivity contribution in [1.29, 1.82) is 0 Å². The van der Waals surface area contributed by atoms with Gasteiger partial charge in [0.1, 0.15) is 0 Å². The van der Waals surface area contributed by atoms with Gasteiger partial charge in [-0.25, -0.2) is 9.59 Å². The topological polar surface area (TPSA) is 112 Å². The normalized spacial score (nSPS) is 10.8. The molecule has 0 aliphatic rings. The fourth-order valence-corrected chi connectivity index (χ4v) is 0.814. The fraction of sp³-hybridized carbons (Fsp3) is 0.214. The molecular weight excluding hydrogens is 264 g/mol. The number of hydrogen-bond donors (Lipinski definition) is 3. The van der Waals surface area contributed by atoms with Crippen LogP contribution in [0.4, 0.5) is 0 Å². The maximum atomic E-state index is 10.3. The molecule has 0 radical (unpaired) electrons. The summed E-state index contributed by atoms with van der Waals surface area (Å²) in [6.07, 6.45) is 4.54. The van der Waals surface area contributed by atoms with Crippen molar-refractivity contribution in [3.8, 4) is 0 Å². The largest absolute Gasteiger partial charge is 0.481 e. The van der Waals surface area contributed by atoms with Gasteiger partial charge in [0.05, 0.1) is 6.42 Å². The van der Waals surface area contributed by atoms with Crippen LogP contribution in [0.15, 0.2) is 49.1 Å². The minimum atomic E-state index is -1.27. The SMILES string of the molecule is C=C(CC(=O)O)C(=O)O.C=CC=CC(C)C(=C)C(=O)O. The molecule has 0 rings (SSSR count). The monoisotopic (exact) mass is 282 g/mol. The predicted molar refractivity (Wildman–Crippen MR) is 74.3 cm³/mol. The summed E-state index contributed by atoms with van der Waals surface area (Å²) in [7, 11) is 0. The lowest BCUT2D eigenvalue weighted by Gasteiger charge is -2.03. The van der Waals surface area contributed by atoms with Crippen LogP contribution in [-0.4, -0.2) is 33.2 Å². The third-order valence-electron chi connectivity index (χ3n) is 2.03. The van der Waals surface area contributed by atoms with Crippen molar-refractivity contribution >= 4 is 17.9 Å². The second-order valence-corrected chi connectivity index (χ2v) is 3.72. The Bertz CT molecular complexity index is 445. The minimum absolute atomic E-state index is 0.134. The lowest BCUT2D eigenvalue weighted by molar-refractivity contribution is -0.139. The third-order valence-corrected chi connectivity index (χ3v) is 2.03. The summed E-state index contributed by atoms with van der Waals surface area (Å²) < 4.78 is 0. The number of carboxylic acid groups (broad SMARTS) is 3. The molecule has 0 aromatic heterocycles. The van der Waals surface area contributed by atoms with Crippen LogP contribution in [-0.2, 0) is 14.4 Å². The van der Waals surface area contributed by atoms with Crippen molar-refractivity contribution in [2.24, 2.45) is 5.92 Å². The minimum Gasteiger partial charge on any atom is -0.481 e. The molecule has 0 aliphatic heterocycles. The van der Waals surface area contributed by atoms with Crippen molar-refractivity contribution in [2.45, 2.75) is 13.3 Å². The highest BCUT2D eigenvalue weighted by Crippen LogP contribution is 2.09. The van der Waals surface area contributed by atoms with Gasteiger partial charge in [-0.1, -0.05) is 44.9 Å². The van der Waals surface area contributed by atoms with E-state index in [0.29, 0.717) is 0 Å². The molecule has 0 aromatic rings. The van der Waals surface area contributed by atoms with Gasteiger partial charge in [-0.2, -0.15) is 0 Å². The zero-order valence-electron chi connectivity index (χ0n) is 11.2. The van der Waals surface area contributed by atoms with E-state index in [1.54, 1.807) is 25.2 Å². The van der Waals surface area contributed by atoms with E-state index in [0.717, 1.165) is 0 Å². The first-order valence-electron chi connectivity index (χ1n) is 5.47. The molecule has 1 unspecified atom stereocenters. The van der Waals surface area contributed by atoms with Gasteiger partial charge in [-0.05, 0) is 0 Å². The summed E-state index contributed by atoms with van der Waals surface area (Å²) >= 11 is 0. The summed E-state index contributed by atoms with van der Waals surface area (Å²) in [4.78, 5) is 30.0. The molecule has 6 nitrogen and oxygen atoms in total. The molecule has 6 heteroatoms. The number of aliphatic carboxylic acids is 3. The number of carbonyl (C=O) groups is 3. The zero-order chi connectivity index (χ0) is 16.3. The molecule has 0 amide bonds. The van der Waals surface area contributed by atoms with Crippen LogP contribution in [0.1, 0.15) is 13.3 Å². The van der Waals surface area contributed by atoms with E-state index in [-0.39, 0.29) is 17.1 Å². The van der Waals surface area contributed by atoms with Crippen LogP contribution in [0.25, 0.3) is 0 Å². The van der Waals surface area contributed by atoms with Gasteiger partial charge in [0, 0.05) is 17.1 Å². The Morgan fingerprint density at radius 3 is 1.85 bits per heavy atom. The average Bonchev–Trinajstić information content (AvgIpc) is 2.34. The fourth-order valence-electron chi connectivity index (χ4n) is 0.814. The van der Waals surface area contributed by atoms with E-state index < -0.39 is 24.3 Å². The molecule has 0 saturated heterocycles.